The second-order valence-corrected chi connectivity index (χ2v) is 1.96. The molecule has 0 N–H and O–H groups in total. The zero-order valence-electron chi connectivity index (χ0n) is 6.72. The first kappa shape index (κ1) is 9.77. The Labute approximate surface area is 67.2 Å². The number of unbranched alkanes of at least 4 members (excludes halogenated alkanes) is 1. The Bertz CT molecular complexity index is 183. The second kappa shape index (κ2) is 6.88. The lowest BCUT2D eigenvalue weighted by Crippen LogP contribution is -1.97. The quantitative estimate of drug-likeness (QED) is 0.265. The number of ether oxygens (including phenoxy) is 1. The number of esters is 1. The number of allylic oxidation sites excluding steroid dienone is 1. The van der Waals surface area contributed by atoms with Crippen molar-refractivity contribution in [3.05, 3.63) is 12.7 Å². The first-order valence-electron chi connectivity index (χ1n) is 3.47. The largest absolute Gasteiger partial charge is 0.453 e. The van der Waals surface area contributed by atoms with Gasteiger partial charge in [0.15, 0.2) is 6.61 Å². The highest BCUT2D eigenvalue weighted by Gasteiger charge is 1.85. The van der Waals surface area contributed by atoms with E-state index in [9.17, 15) is 4.79 Å². The van der Waals surface area contributed by atoms with Crippen LogP contribution in [-0.2, 0) is 9.53 Å². The molecule has 11 heavy (non-hydrogen) atoms. The van der Waals surface area contributed by atoms with E-state index < -0.39 is 0 Å². The monoisotopic (exact) mass is 152 g/mol. The van der Waals surface area contributed by atoms with Crippen LogP contribution in [0.2, 0.25) is 0 Å². The molecule has 0 saturated heterocycles. The van der Waals surface area contributed by atoms with Crippen LogP contribution in [0.4, 0.5) is 0 Å². The van der Waals surface area contributed by atoms with Gasteiger partial charge in [0.05, 0.1) is 0 Å². The number of carbonyl (C=O) groups excluding carboxylic acids is 1. The Hall–Kier alpha value is -1.23. The molecular weight excluding hydrogens is 140 g/mol. The average Bonchev–Trinajstić information content (AvgIpc) is 1.96. The number of rotatable bonds is 3. The van der Waals surface area contributed by atoms with Crippen molar-refractivity contribution in [3.63, 3.8) is 0 Å². The van der Waals surface area contributed by atoms with E-state index >= 15 is 0 Å². The van der Waals surface area contributed by atoms with Crippen LogP contribution in [0.25, 0.3) is 0 Å². The third-order valence-electron chi connectivity index (χ3n) is 0.946. The highest BCUT2D eigenvalue weighted by molar-refractivity contribution is 5.66. The SMILES string of the molecule is C=CCCC#CCOC(C)=O. The van der Waals surface area contributed by atoms with Gasteiger partial charge in [0.1, 0.15) is 0 Å². The molecule has 0 unspecified atom stereocenters. The summed E-state index contributed by atoms with van der Waals surface area (Å²) in [7, 11) is 0. The predicted molar refractivity (Wildman–Crippen MR) is 43.8 cm³/mol. The highest BCUT2D eigenvalue weighted by atomic mass is 16.5. The topological polar surface area (TPSA) is 26.3 Å². The van der Waals surface area contributed by atoms with Gasteiger partial charge in [-0.3, -0.25) is 4.79 Å². The van der Waals surface area contributed by atoms with Crippen LogP contribution in [0.15, 0.2) is 12.7 Å². The van der Waals surface area contributed by atoms with E-state index in [1.807, 2.05) is 0 Å². The molecule has 0 amide bonds. The fourth-order valence-corrected chi connectivity index (χ4v) is 0.451. The molecule has 0 heterocycles. The van der Waals surface area contributed by atoms with Crippen molar-refractivity contribution in [2.24, 2.45) is 0 Å². The first-order valence-corrected chi connectivity index (χ1v) is 3.47. The van der Waals surface area contributed by atoms with Crippen LogP contribution in [-0.4, -0.2) is 12.6 Å². The van der Waals surface area contributed by atoms with Crippen molar-refractivity contribution in [1.82, 2.24) is 0 Å². The van der Waals surface area contributed by atoms with Gasteiger partial charge in [0, 0.05) is 13.3 Å². The van der Waals surface area contributed by atoms with Crippen LogP contribution in [0.1, 0.15) is 19.8 Å². The molecular formula is C9H12O2. The summed E-state index contributed by atoms with van der Waals surface area (Å²) >= 11 is 0. The van der Waals surface area contributed by atoms with E-state index in [1.165, 1.54) is 6.92 Å². The first-order chi connectivity index (χ1) is 5.27. The Morgan fingerprint density at radius 3 is 2.91 bits per heavy atom. The van der Waals surface area contributed by atoms with E-state index in [4.69, 9.17) is 0 Å². The lowest BCUT2D eigenvalue weighted by molar-refractivity contribution is -0.139. The summed E-state index contributed by atoms with van der Waals surface area (Å²) in [5.41, 5.74) is 0. The molecule has 0 radical (unpaired) electrons. The van der Waals surface area contributed by atoms with Crippen molar-refractivity contribution in [1.29, 1.82) is 0 Å². The lowest BCUT2D eigenvalue weighted by Gasteiger charge is -1.90. The van der Waals surface area contributed by atoms with Crippen LogP contribution in [0.3, 0.4) is 0 Å². The van der Waals surface area contributed by atoms with Gasteiger partial charge in [-0.05, 0) is 6.42 Å². The Balaban J connectivity index is 3.25. The van der Waals surface area contributed by atoms with Crippen LogP contribution in [0.5, 0.6) is 0 Å². The molecule has 0 aromatic rings. The van der Waals surface area contributed by atoms with Crippen LogP contribution < -0.4 is 0 Å². The highest BCUT2D eigenvalue weighted by Crippen LogP contribution is 1.84. The molecule has 0 bridgehead atoms. The Morgan fingerprint density at radius 1 is 1.64 bits per heavy atom. The van der Waals surface area contributed by atoms with Gasteiger partial charge in [-0.1, -0.05) is 17.9 Å². The summed E-state index contributed by atoms with van der Waals surface area (Å²) in [6.07, 6.45) is 3.47. The Kier molecular flexibility index (Phi) is 6.11. The molecule has 0 aliphatic heterocycles. The van der Waals surface area contributed by atoms with E-state index in [0.29, 0.717) is 0 Å². The van der Waals surface area contributed by atoms with Gasteiger partial charge >= 0.3 is 5.97 Å². The van der Waals surface area contributed by atoms with Crippen molar-refractivity contribution < 1.29 is 9.53 Å². The van der Waals surface area contributed by atoms with E-state index in [1.54, 1.807) is 6.08 Å². The van der Waals surface area contributed by atoms with Gasteiger partial charge in [-0.2, -0.15) is 0 Å². The van der Waals surface area contributed by atoms with Gasteiger partial charge in [0.25, 0.3) is 0 Å². The lowest BCUT2D eigenvalue weighted by atomic mass is 10.3. The molecule has 0 rings (SSSR count). The zero-order valence-corrected chi connectivity index (χ0v) is 6.72. The minimum absolute atomic E-state index is 0.201. The normalized spacial score (nSPS) is 7.73. The summed E-state index contributed by atoms with van der Waals surface area (Å²) in [5.74, 6) is 5.27. The van der Waals surface area contributed by atoms with Crippen molar-refractivity contribution in [2.45, 2.75) is 19.8 Å². The maximum Gasteiger partial charge on any atom is 0.303 e. The standard InChI is InChI=1S/C9H12O2/c1-3-4-5-6-7-8-11-9(2)10/h3H,1,4-5,8H2,2H3. The molecule has 0 fully saturated rings. The van der Waals surface area contributed by atoms with Crippen molar-refractivity contribution in [3.8, 4) is 11.8 Å². The summed E-state index contributed by atoms with van der Waals surface area (Å²) in [5, 5.41) is 0. The molecule has 0 aliphatic carbocycles. The summed E-state index contributed by atoms with van der Waals surface area (Å²) in [4.78, 5) is 10.2. The zero-order chi connectivity index (χ0) is 8.53. The van der Waals surface area contributed by atoms with Crippen molar-refractivity contribution in [2.75, 3.05) is 6.61 Å². The molecule has 0 saturated carbocycles. The third-order valence-corrected chi connectivity index (χ3v) is 0.946. The van der Waals surface area contributed by atoms with Crippen molar-refractivity contribution >= 4 is 5.97 Å². The molecule has 0 aromatic carbocycles. The number of hydrogen-bond acceptors (Lipinski definition) is 2. The molecule has 2 heteroatoms. The fourth-order valence-electron chi connectivity index (χ4n) is 0.451. The van der Waals surface area contributed by atoms with E-state index in [2.05, 4.69) is 23.2 Å². The van der Waals surface area contributed by atoms with Gasteiger partial charge in [-0.15, -0.1) is 6.58 Å². The van der Waals surface area contributed by atoms with E-state index in [-0.39, 0.29) is 12.6 Å². The molecule has 60 valence electrons. The number of carbonyl (C=O) groups is 1. The molecule has 0 atom stereocenters. The molecule has 0 spiro atoms. The van der Waals surface area contributed by atoms with Gasteiger partial charge in [-0.25, -0.2) is 0 Å². The maximum atomic E-state index is 10.2. The van der Waals surface area contributed by atoms with Crippen LogP contribution in [0, 0.1) is 11.8 Å². The second-order valence-electron chi connectivity index (χ2n) is 1.96. The fraction of sp³-hybridized carbons (Fsp3) is 0.444. The Morgan fingerprint density at radius 2 is 2.36 bits per heavy atom. The summed E-state index contributed by atoms with van der Waals surface area (Å²) in [6, 6.07) is 0. The minimum atomic E-state index is -0.289. The average molecular weight is 152 g/mol. The maximum absolute atomic E-state index is 10.2. The third kappa shape index (κ3) is 8.77. The molecule has 0 aliphatic rings. The van der Waals surface area contributed by atoms with Crippen LogP contribution >= 0.6 is 0 Å². The summed E-state index contributed by atoms with van der Waals surface area (Å²) < 4.78 is 4.58. The van der Waals surface area contributed by atoms with Gasteiger partial charge in [0.2, 0.25) is 0 Å². The summed E-state index contributed by atoms with van der Waals surface area (Å²) in [6.45, 7) is 5.12. The minimum Gasteiger partial charge on any atom is -0.453 e. The predicted octanol–water partition coefficient (Wildman–Crippen LogP) is 1.52. The van der Waals surface area contributed by atoms with Gasteiger partial charge < -0.3 is 4.74 Å². The smallest absolute Gasteiger partial charge is 0.303 e. The number of hydrogen-bond donors (Lipinski definition) is 0. The van der Waals surface area contributed by atoms with E-state index in [0.717, 1.165) is 12.8 Å². The molecule has 0 aromatic heterocycles. The molecule has 2 nitrogen and oxygen atoms in total.